The third kappa shape index (κ3) is 3.41. The lowest BCUT2D eigenvalue weighted by molar-refractivity contribution is -0.131. The van der Waals surface area contributed by atoms with Gasteiger partial charge < -0.3 is 21.3 Å². The number of nitrogens with two attached hydrogens (primary N) is 1. The monoisotopic (exact) mass is 330 g/mol. The summed E-state index contributed by atoms with van der Waals surface area (Å²) >= 11 is 0. The smallest absolute Gasteiger partial charge is 0.251 e. The maximum atomic E-state index is 12.3. The van der Waals surface area contributed by atoms with Gasteiger partial charge in [0.15, 0.2) is 0 Å². The van der Waals surface area contributed by atoms with Crippen molar-refractivity contribution in [3.8, 4) is 0 Å². The Morgan fingerprint density at radius 1 is 1.46 bits per heavy atom. The Kier molecular flexibility index (Phi) is 4.53. The lowest BCUT2D eigenvalue weighted by Crippen LogP contribution is -2.41. The second-order valence-corrected chi connectivity index (χ2v) is 6.53. The zero-order valence-electron chi connectivity index (χ0n) is 13.7. The molecule has 128 valence electrons. The first-order chi connectivity index (χ1) is 11.4. The predicted molar refractivity (Wildman–Crippen MR) is 89.4 cm³/mol. The number of carbonyl (C=O) groups excluding carboxylic acids is 3. The van der Waals surface area contributed by atoms with Crippen molar-refractivity contribution in [2.45, 2.75) is 25.8 Å². The molecule has 3 amide bonds. The normalized spacial score (nSPS) is 20.5. The number of amides is 3. The Morgan fingerprint density at radius 2 is 2.25 bits per heavy atom. The van der Waals surface area contributed by atoms with E-state index in [-0.39, 0.29) is 23.6 Å². The molecule has 2 heterocycles. The van der Waals surface area contributed by atoms with Crippen molar-refractivity contribution in [1.82, 2.24) is 10.2 Å². The van der Waals surface area contributed by atoms with Gasteiger partial charge in [0.25, 0.3) is 5.91 Å². The zero-order chi connectivity index (χ0) is 17.3. The van der Waals surface area contributed by atoms with Crippen molar-refractivity contribution in [2.24, 2.45) is 11.7 Å². The molecule has 2 atom stereocenters. The van der Waals surface area contributed by atoms with Gasteiger partial charge in [-0.2, -0.15) is 0 Å². The van der Waals surface area contributed by atoms with Gasteiger partial charge in [0.1, 0.15) is 0 Å². The number of carbonyl (C=O) groups is 3. The van der Waals surface area contributed by atoms with Crippen molar-refractivity contribution in [2.75, 3.05) is 25.0 Å². The van der Waals surface area contributed by atoms with E-state index in [4.69, 9.17) is 5.73 Å². The average molecular weight is 330 g/mol. The molecule has 0 aromatic heterocycles. The molecule has 2 aliphatic rings. The van der Waals surface area contributed by atoms with E-state index >= 15 is 0 Å². The molecule has 1 aromatic carbocycles. The van der Waals surface area contributed by atoms with Crippen LogP contribution in [0.4, 0.5) is 5.69 Å². The summed E-state index contributed by atoms with van der Waals surface area (Å²) in [5.74, 6) is -0.00420. The Morgan fingerprint density at radius 3 is 3.00 bits per heavy atom. The van der Waals surface area contributed by atoms with Crippen LogP contribution >= 0.6 is 0 Å². The molecule has 1 saturated heterocycles. The van der Waals surface area contributed by atoms with Crippen molar-refractivity contribution in [3.05, 3.63) is 29.3 Å². The van der Waals surface area contributed by atoms with E-state index in [0.29, 0.717) is 31.6 Å². The molecule has 0 aliphatic carbocycles. The summed E-state index contributed by atoms with van der Waals surface area (Å²) in [5.41, 5.74) is 7.80. The lowest BCUT2D eigenvalue weighted by Gasteiger charge is -2.18. The highest BCUT2D eigenvalue weighted by atomic mass is 16.2. The van der Waals surface area contributed by atoms with Crippen LogP contribution in [0.3, 0.4) is 0 Å². The van der Waals surface area contributed by atoms with E-state index in [1.54, 1.807) is 30.0 Å². The van der Waals surface area contributed by atoms with Crippen molar-refractivity contribution < 1.29 is 14.4 Å². The van der Waals surface area contributed by atoms with Gasteiger partial charge in [-0.1, -0.05) is 0 Å². The molecule has 1 aromatic rings. The second-order valence-electron chi connectivity index (χ2n) is 6.53. The second kappa shape index (κ2) is 6.60. The third-order valence-electron chi connectivity index (χ3n) is 4.53. The van der Waals surface area contributed by atoms with Crippen LogP contribution in [0.15, 0.2) is 18.2 Å². The lowest BCUT2D eigenvalue weighted by atomic mass is 10.1. The summed E-state index contributed by atoms with van der Waals surface area (Å²) < 4.78 is 0. The van der Waals surface area contributed by atoms with E-state index in [1.165, 1.54) is 0 Å². The number of hydrogen-bond acceptors (Lipinski definition) is 4. The first-order valence-corrected chi connectivity index (χ1v) is 8.19. The van der Waals surface area contributed by atoms with Gasteiger partial charge in [0.2, 0.25) is 11.8 Å². The van der Waals surface area contributed by atoms with Crippen LogP contribution in [0, 0.1) is 5.92 Å². The molecule has 7 heteroatoms. The number of fused-ring (bicyclic) bond motifs is 1. The minimum Gasteiger partial charge on any atom is -0.352 e. The van der Waals surface area contributed by atoms with Gasteiger partial charge in [0, 0.05) is 30.9 Å². The van der Waals surface area contributed by atoms with Crippen LogP contribution < -0.4 is 16.4 Å². The van der Waals surface area contributed by atoms with Crippen molar-refractivity contribution in [1.29, 1.82) is 0 Å². The number of rotatable bonds is 4. The summed E-state index contributed by atoms with van der Waals surface area (Å²) in [7, 11) is 0. The maximum Gasteiger partial charge on any atom is 0.251 e. The fraction of sp³-hybridized carbons (Fsp3) is 0.471. The molecule has 0 spiro atoms. The molecule has 7 nitrogen and oxygen atoms in total. The number of nitrogens with one attached hydrogen (secondary N) is 2. The van der Waals surface area contributed by atoms with E-state index in [9.17, 15) is 14.4 Å². The van der Waals surface area contributed by atoms with E-state index < -0.39 is 6.04 Å². The van der Waals surface area contributed by atoms with Gasteiger partial charge in [-0.3, -0.25) is 14.4 Å². The van der Waals surface area contributed by atoms with Gasteiger partial charge >= 0.3 is 0 Å². The minimum atomic E-state index is -0.485. The SMILES string of the molecule is CC(N)C(=O)N1CC[C@@H](CNC(=O)c2ccc3c(c2)CC(=O)N3)C1. The van der Waals surface area contributed by atoms with Crippen LogP contribution in [0.25, 0.3) is 0 Å². The average Bonchev–Trinajstić information content (AvgIpc) is 3.16. The van der Waals surface area contributed by atoms with Crippen LogP contribution in [-0.2, 0) is 16.0 Å². The van der Waals surface area contributed by atoms with Crippen LogP contribution in [0.5, 0.6) is 0 Å². The van der Waals surface area contributed by atoms with E-state index in [2.05, 4.69) is 10.6 Å². The molecule has 0 bridgehead atoms. The summed E-state index contributed by atoms with van der Waals surface area (Å²) in [6, 6.07) is 4.73. The molecule has 0 radical (unpaired) electrons. The predicted octanol–water partition coefficient (Wildman–Crippen LogP) is 0.107. The summed E-state index contributed by atoms with van der Waals surface area (Å²) in [4.78, 5) is 37.3. The number of hydrogen-bond donors (Lipinski definition) is 3. The number of nitrogens with zero attached hydrogens (tertiary/aromatic N) is 1. The topological polar surface area (TPSA) is 105 Å². The Balaban J connectivity index is 1.53. The summed E-state index contributed by atoms with van der Waals surface area (Å²) in [6.07, 6.45) is 1.18. The fourth-order valence-electron chi connectivity index (χ4n) is 3.20. The molecule has 24 heavy (non-hydrogen) atoms. The molecule has 1 unspecified atom stereocenters. The van der Waals surface area contributed by atoms with Crippen LogP contribution in [0.2, 0.25) is 0 Å². The Bertz CT molecular complexity index is 686. The number of anilines is 1. The fourth-order valence-corrected chi connectivity index (χ4v) is 3.20. The van der Waals surface area contributed by atoms with Crippen LogP contribution in [-0.4, -0.2) is 48.3 Å². The highest BCUT2D eigenvalue weighted by Gasteiger charge is 2.28. The standard InChI is InChI=1S/C17H22N4O3/c1-10(18)17(24)21-5-4-11(9-21)8-19-16(23)12-2-3-14-13(6-12)7-15(22)20-14/h2-3,6,10-11H,4-5,7-9,18H2,1H3,(H,19,23)(H,20,22)/t10?,11-/m0/s1. The first-order valence-electron chi connectivity index (χ1n) is 8.19. The number of benzene rings is 1. The van der Waals surface area contributed by atoms with Gasteiger partial charge in [0.05, 0.1) is 12.5 Å². The van der Waals surface area contributed by atoms with Gasteiger partial charge in [-0.15, -0.1) is 0 Å². The molecule has 4 N–H and O–H groups in total. The van der Waals surface area contributed by atoms with Crippen LogP contribution in [0.1, 0.15) is 29.3 Å². The third-order valence-corrected chi connectivity index (χ3v) is 4.53. The Hall–Kier alpha value is -2.41. The molecular weight excluding hydrogens is 308 g/mol. The molecule has 2 aliphatic heterocycles. The first kappa shape index (κ1) is 16.4. The minimum absolute atomic E-state index is 0.0420. The maximum absolute atomic E-state index is 12.3. The molecular formula is C17H22N4O3. The Labute approximate surface area is 140 Å². The highest BCUT2D eigenvalue weighted by molar-refractivity contribution is 6.01. The van der Waals surface area contributed by atoms with Crippen molar-refractivity contribution >= 4 is 23.4 Å². The quantitative estimate of drug-likeness (QED) is 0.728. The largest absolute Gasteiger partial charge is 0.352 e. The van der Waals surface area contributed by atoms with E-state index in [1.807, 2.05) is 0 Å². The van der Waals surface area contributed by atoms with Crippen molar-refractivity contribution in [3.63, 3.8) is 0 Å². The highest BCUT2D eigenvalue weighted by Crippen LogP contribution is 2.24. The molecule has 3 rings (SSSR count). The van der Waals surface area contributed by atoms with Gasteiger partial charge in [-0.05, 0) is 43.0 Å². The number of likely N-dealkylation sites (tertiary alicyclic amines) is 1. The summed E-state index contributed by atoms with van der Waals surface area (Å²) in [5, 5.41) is 5.66. The van der Waals surface area contributed by atoms with E-state index in [0.717, 1.165) is 17.7 Å². The van der Waals surface area contributed by atoms with Gasteiger partial charge in [-0.25, -0.2) is 0 Å². The summed E-state index contributed by atoms with van der Waals surface area (Å²) in [6.45, 7) is 3.53. The zero-order valence-corrected chi connectivity index (χ0v) is 13.7. The molecule has 1 fully saturated rings. The molecule has 0 saturated carbocycles.